The second-order valence-electron chi connectivity index (χ2n) is 3.37. The summed E-state index contributed by atoms with van der Waals surface area (Å²) < 4.78 is 5.18. The summed E-state index contributed by atoms with van der Waals surface area (Å²) in [6.07, 6.45) is 0.963. The fourth-order valence-electron chi connectivity index (χ4n) is 1.26. The van der Waals surface area contributed by atoms with Crippen LogP contribution in [0.4, 0.5) is 0 Å². The molecule has 0 aromatic carbocycles. The maximum atomic E-state index is 11.3. The molecule has 0 saturated heterocycles. The molecule has 0 spiro atoms. The molecule has 0 bridgehead atoms. The molecule has 5 heteroatoms. The lowest BCUT2D eigenvalue weighted by molar-refractivity contribution is -0.120. The highest BCUT2D eigenvalue weighted by atomic mass is 32.1. The number of thiophene rings is 1. The first kappa shape index (κ1) is 13.0. The second-order valence-corrected chi connectivity index (χ2v) is 4.37. The number of amides is 1. The SMILES string of the molecule is CCCNC(=O)CNCc1sccc1OC. The van der Waals surface area contributed by atoms with Crippen LogP contribution in [-0.4, -0.2) is 26.1 Å². The topological polar surface area (TPSA) is 50.4 Å². The summed E-state index contributed by atoms with van der Waals surface area (Å²) in [6.45, 7) is 3.79. The Hall–Kier alpha value is -1.07. The predicted octanol–water partition coefficient (Wildman–Crippen LogP) is 1.37. The Bertz CT molecular complexity index is 326. The average molecular weight is 242 g/mol. The lowest BCUT2D eigenvalue weighted by Crippen LogP contribution is -2.33. The zero-order chi connectivity index (χ0) is 11.8. The third-order valence-electron chi connectivity index (χ3n) is 2.07. The summed E-state index contributed by atoms with van der Waals surface area (Å²) in [5, 5.41) is 7.88. The molecule has 0 unspecified atom stereocenters. The Labute approximate surface area is 100 Å². The molecule has 0 aliphatic heterocycles. The van der Waals surface area contributed by atoms with Crippen molar-refractivity contribution < 1.29 is 9.53 Å². The van der Waals surface area contributed by atoms with Crippen LogP contribution in [0, 0.1) is 0 Å². The van der Waals surface area contributed by atoms with Gasteiger partial charge in [-0.3, -0.25) is 4.79 Å². The molecule has 1 amide bonds. The van der Waals surface area contributed by atoms with Gasteiger partial charge in [0.05, 0.1) is 18.5 Å². The number of carbonyl (C=O) groups excluding carboxylic acids is 1. The van der Waals surface area contributed by atoms with E-state index in [0.29, 0.717) is 13.1 Å². The normalized spacial score (nSPS) is 10.1. The Morgan fingerprint density at radius 1 is 1.56 bits per heavy atom. The third-order valence-corrected chi connectivity index (χ3v) is 2.97. The number of nitrogens with one attached hydrogen (secondary N) is 2. The number of hydrogen-bond donors (Lipinski definition) is 2. The van der Waals surface area contributed by atoms with Gasteiger partial charge in [0.25, 0.3) is 0 Å². The van der Waals surface area contributed by atoms with Crippen molar-refractivity contribution in [1.82, 2.24) is 10.6 Å². The van der Waals surface area contributed by atoms with Crippen molar-refractivity contribution in [3.63, 3.8) is 0 Å². The number of ether oxygens (including phenoxy) is 1. The van der Waals surface area contributed by atoms with Crippen molar-refractivity contribution in [2.75, 3.05) is 20.2 Å². The number of carbonyl (C=O) groups is 1. The predicted molar refractivity (Wildman–Crippen MR) is 65.9 cm³/mol. The molecule has 1 heterocycles. The van der Waals surface area contributed by atoms with Crippen LogP contribution >= 0.6 is 11.3 Å². The van der Waals surface area contributed by atoms with Crippen LogP contribution in [0.1, 0.15) is 18.2 Å². The number of rotatable bonds is 7. The number of hydrogen-bond acceptors (Lipinski definition) is 4. The molecular weight excluding hydrogens is 224 g/mol. The lowest BCUT2D eigenvalue weighted by Gasteiger charge is -2.06. The average Bonchev–Trinajstić information content (AvgIpc) is 2.74. The van der Waals surface area contributed by atoms with Gasteiger partial charge < -0.3 is 15.4 Å². The molecule has 0 aliphatic rings. The van der Waals surface area contributed by atoms with Gasteiger partial charge in [-0.25, -0.2) is 0 Å². The van der Waals surface area contributed by atoms with E-state index in [2.05, 4.69) is 10.6 Å². The molecule has 1 aromatic rings. The van der Waals surface area contributed by atoms with Gasteiger partial charge in [0.1, 0.15) is 5.75 Å². The highest BCUT2D eigenvalue weighted by Crippen LogP contribution is 2.23. The van der Waals surface area contributed by atoms with E-state index in [9.17, 15) is 4.79 Å². The minimum Gasteiger partial charge on any atom is -0.496 e. The van der Waals surface area contributed by atoms with Gasteiger partial charge in [0.15, 0.2) is 0 Å². The molecule has 0 atom stereocenters. The molecular formula is C11H18N2O2S. The maximum Gasteiger partial charge on any atom is 0.233 e. The van der Waals surface area contributed by atoms with Gasteiger partial charge in [0.2, 0.25) is 5.91 Å². The van der Waals surface area contributed by atoms with Gasteiger partial charge in [-0.15, -0.1) is 11.3 Å². The lowest BCUT2D eigenvalue weighted by atomic mass is 10.4. The summed E-state index contributed by atoms with van der Waals surface area (Å²) in [4.78, 5) is 12.4. The molecule has 16 heavy (non-hydrogen) atoms. The van der Waals surface area contributed by atoms with E-state index < -0.39 is 0 Å². The van der Waals surface area contributed by atoms with Crippen LogP contribution in [0.3, 0.4) is 0 Å². The Morgan fingerprint density at radius 3 is 3.06 bits per heavy atom. The van der Waals surface area contributed by atoms with Crippen LogP contribution < -0.4 is 15.4 Å². The summed E-state index contributed by atoms with van der Waals surface area (Å²) in [5.74, 6) is 0.920. The van der Waals surface area contributed by atoms with Crippen molar-refractivity contribution in [3.05, 3.63) is 16.3 Å². The minimum atomic E-state index is 0.0392. The first-order valence-corrected chi connectivity index (χ1v) is 6.23. The first-order valence-electron chi connectivity index (χ1n) is 5.35. The maximum absolute atomic E-state index is 11.3. The van der Waals surface area contributed by atoms with Gasteiger partial charge in [-0.05, 0) is 17.9 Å². The standard InChI is InChI=1S/C11H18N2O2S/c1-3-5-13-11(14)8-12-7-10-9(15-2)4-6-16-10/h4,6,12H,3,5,7-8H2,1-2H3,(H,13,14). The van der Waals surface area contributed by atoms with E-state index in [-0.39, 0.29) is 5.91 Å². The van der Waals surface area contributed by atoms with E-state index in [1.165, 1.54) is 0 Å². The Balaban J connectivity index is 2.22. The van der Waals surface area contributed by atoms with Crippen molar-refractivity contribution in [1.29, 1.82) is 0 Å². The minimum absolute atomic E-state index is 0.0392. The van der Waals surface area contributed by atoms with Gasteiger partial charge in [-0.1, -0.05) is 6.92 Å². The summed E-state index contributed by atoms with van der Waals surface area (Å²) in [7, 11) is 1.65. The molecule has 0 saturated carbocycles. The molecule has 2 N–H and O–H groups in total. The molecule has 0 fully saturated rings. The highest BCUT2D eigenvalue weighted by Gasteiger charge is 2.04. The van der Waals surface area contributed by atoms with Crippen molar-refractivity contribution in [2.45, 2.75) is 19.9 Å². The van der Waals surface area contributed by atoms with Crippen molar-refractivity contribution in [3.8, 4) is 5.75 Å². The summed E-state index contributed by atoms with van der Waals surface area (Å²) in [6, 6.07) is 1.93. The van der Waals surface area contributed by atoms with E-state index in [1.807, 2.05) is 18.4 Å². The van der Waals surface area contributed by atoms with Gasteiger partial charge in [-0.2, -0.15) is 0 Å². The largest absolute Gasteiger partial charge is 0.496 e. The van der Waals surface area contributed by atoms with Gasteiger partial charge >= 0.3 is 0 Å². The smallest absolute Gasteiger partial charge is 0.233 e. The quantitative estimate of drug-likeness (QED) is 0.759. The van der Waals surface area contributed by atoms with Crippen LogP contribution in [0.15, 0.2) is 11.4 Å². The zero-order valence-corrected chi connectivity index (χ0v) is 10.5. The van der Waals surface area contributed by atoms with Crippen molar-refractivity contribution >= 4 is 17.2 Å². The van der Waals surface area contributed by atoms with Crippen LogP contribution in [0.25, 0.3) is 0 Å². The Morgan fingerprint density at radius 2 is 2.38 bits per heavy atom. The molecule has 1 aromatic heterocycles. The summed E-state index contributed by atoms with van der Waals surface area (Å²) >= 11 is 1.62. The van der Waals surface area contributed by atoms with E-state index in [4.69, 9.17) is 4.74 Å². The van der Waals surface area contributed by atoms with Gasteiger partial charge in [0, 0.05) is 13.1 Å². The molecule has 1 rings (SSSR count). The third kappa shape index (κ3) is 4.20. The summed E-state index contributed by atoms with van der Waals surface area (Å²) in [5.41, 5.74) is 0. The molecule has 4 nitrogen and oxygen atoms in total. The van der Waals surface area contributed by atoms with Crippen LogP contribution in [0.5, 0.6) is 5.75 Å². The first-order chi connectivity index (χ1) is 7.77. The molecule has 0 aliphatic carbocycles. The molecule has 90 valence electrons. The zero-order valence-electron chi connectivity index (χ0n) is 9.71. The van der Waals surface area contributed by atoms with Crippen molar-refractivity contribution in [2.24, 2.45) is 0 Å². The van der Waals surface area contributed by atoms with E-state index >= 15 is 0 Å². The van der Waals surface area contributed by atoms with Crippen LogP contribution in [0.2, 0.25) is 0 Å². The Kier molecular flexibility index (Phi) is 5.88. The van der Waals surface area contributed by atoms with Crippen LogP contribution in [-0.2, 0) is 11.3 Å². The highest BCUT2D eigenvalue weighted by molar-refractivity contribution is 7.10. The second kappa shape index (κ2) is 7.24. The number of methoxy groups -OCH3 is 1. The molecule has 0 radical (unpaired) electrons. The monoisotopic (exact) mass is 242 g/mol. The van der Waals surface area contributed by atoms with E-state index in [1.54, 1.807) is 18.4 Å². The van der Waals surface area contributed by atoms with E-state index in [0.717, 1.165) is 23.6 Å². The fourth-order valence-corrected chi connectivity index (χ4v) is 2.06. The fraction of sp³-hybridized carbons (Fsp3) is 0.545.